The lowest BCUT2D eigenvalue weighted by Crippen LogP contribution is -2.30. The van der Waals surface area contributed by atoms with Crippen LogP contribution < -0.4 is 15.4 Å². The molecule has 0 aliphatic carbocycles. The van der Waals surface area contributed by atoms with Crippen molar-refractivity contribution in [2.24, 2.45) is 0 Å². The minimum Gasteiger partial charge on any atom is -0.497 e. The van der Waals surface area contributed by atoms with Crippen molar-refractivity contribution < 1.29 is 19.1 Å². The Morgan fingerprint density at radius 2 is 1.45 bits per heavy atom. The minimum atomic E-state index is -0.458. The van der Waals surface area contributed by atoms with Gasteiger partial charge < -0.3 is 15.4 Å². The number of carbonyl (C=O) groups excluding carboxylic acids is 3. The first-order chi connectivity index (χ1) is 20.5. The van der Waals surface area contributed by atoms with Gasteiger partial charge in [0.2, 0.25) is 0 Å². The number of rotatable bonds is 10. The van der Waals surface area contributed by atoms with Crippen molar-refractivity contribution >= 4 is 51.9 Å². The lowest BCUT2D eigenvalue weighted by atomic mass is 10.0. The smallest absolute Gasteiger partial charge is 0.272 e. The molecule has 0 aliphatic heterocycles. The molecule has 0 aromatic heterocycles. The van der Waals surface area contributed by atoms with Crippen molar-refractivity contribution in [2.45, 2.75) is 4.90 Å². The molecule has 0 bridgehead atoms. The number of ketones is 1. The van der Waals surface area contributed by atoms with E-state index in [1.54, 1.807) is 73.8 Å². The van der Waals surface area contributed by atoms with E-state index < -0.39 is 5.91 Å². The van der Waals surface area contributed by atoms with Crippen LogP contribution in [0.15, 0.2) is 132 Å². The Bertz CT molecular complexity index is 1760. The molecule has 0 aliphatic rings. The zero-order valence-electron chi connectivity index (χ0n) is 22.9. The summed E-state index contributed by atoms with van der Waals surface area (Å²) in [6.45, 7) is 0. The maximum atomic E-state index is 13.5. The summed E-state index contributed by atoms with van der Waals surface area (Å²) in [5.74, 6) is 0.0569. The molecule has 2 N–H and O–H groups in total. The molecule has 5 aromatic rings. The van der Waals surface area contributed by atoms with Gasteiger partial charge in [0.15, 0.2) is 5.78 Å². The average Bonchev–Trinajstić information content (AvgIpc) is 3.04. The second-order valence-electron chi connectivity index (χ2n) is 9.37. The van der Waals surface area contributed by atoms with E-state index in [2.05, 4.69) is 10.6 Å². The Hall–Kier alpha value is -5.14. The summed E-state index contributed by atoms with van der Waals surface area (Å²) >= 11 is 1.41. The van der Waals surface area contributed by atoms with Crippen molar-refractivity contribution in [3.05, 3.63) is 144 Å². The van der Waals surface area contributed by atoms with Crippen LogP contribution in [0.25, 0.3) is 16.8 Å². The summed E-state index contributed by atoms with van der Waals surface area (Å²) < 4.78 is 5.20. The highest BCUT2D eigenvalue weighted by Gasteiger charge is 2.16. The highest BCUT2D eigenvalue weighted by molar-refractivity contribution is 8.00. The molecule has 6 nitrogen and oxygen atoms in total. The molecule has 0 unspecified atom stereocenters. The molecule has 2 amide bonds. The van der Waals surface area contributed by atoms with Gasteiger partial charge in [0, 0.05) is 21.7 Å². The zero-order valence-corrected chi connectivity index (χ0v) is 23.7. The molecule has 5 aromatic carbocycles. The summed E-state index contributed by atoms with van der Waals surface area (Å²) in [6, 6.07) is 36.7. The van der Waals surface area contributed by atoms with E-state index in [0.29, 0.717) is 22.6 Å². The lowest BCUT2D eigenvalue weighted by Gasteiger charge is -2.12. The van der Waals surface area contributed by atoms with Gasteiger partial charge in [-0.05, 0) is 70.9 Å². The highest BCUT2D eigenvalue weighted by atomic mass is 32.2. The predicted octanol–water partition coefficient (Wildman–Crippen LogP) is 7.23. The van der Waals surface area contributed by atoms with Crippen molar-refractivity contribution in [1.82, 2.24) is 5.32 Å². The van der Waals surface area contributed by atoms with E-state index in [1.807, 2.05) is 60.7 Å². The van der Waals surface area contributed by atoms with Crippen LogP contribution in [0.4, 0.5) is 5.69 Å². The van der Waals surface area contributed by atoms with E-state index in [0.717, 1.165) is 21.2 Å². The third-order valence-electron chi connectivity index (χ3n) is 6.53. The third kappa shape index (κ3) is 7.13. The number of thioether (sulfide) groups is 1. The molecule has 0 atom stereocenters. The minimum absolute atomic E-state index is 0.00588. The largest absolute Gasteiger partial charge is 0.497 e. The van der Waals surface area contributed by atoms with Gasteiger partial charge in [0.05, 0.1) is 12.9 Å². The Morgan fingerprint density at radius 1 is 0.762 bits per heavy atom. The van der Waals surface area contributed by atoms with Gasteiger partial charge in [-0.3, -0.25) is 14.4 Å². The summed E-state index contributed by atoms with van der Waals surface area (Å²) in [7, 11) is 1.57. The molecule has 208 valence electrons. The first-order valence-electron chi connectivity index (χ1n) is 13.3. The fourth-order valence-electron chi connectivity index (χ4n) is 4.34. The van der Waals surface area contributed by atoms with E-state index in [-0.39, 0.29) is 23.1 Å². The standard InChI is InChI=1S/C35H28N2O4S/c1-41-29-15-8-14-27(21-29)33(38)23-42-30-19-17-28(18-20-30)36-35(40)32(37-34(39)25-10-3-2-4-11-25)22-26-13-7-12-24-9-5-6-16-31(24)26/h2-22H,23H2,1H3,(H,36,40)(H,37,39)/b32-22-. The SMILES string of the molecule is COc1cccc(C(=O)CSc2ccc(NC(=O)/C(=C/c3cccc4ccccc34)NC(=O)c3ccccc3)cc2)c1. The first kappa shape index (κ1) is 28.4. The number of fused-ring (bicyclic) bond motifs is 1. The Kier molecular flexibility index (Phi) is 9.11. The Balaban J connectivity index is 1.31. The summed E-state index contributed by atoms with van der Waals surface area (Å²) in [5.41, 5.74) is 2.51. The lowest BCUT2D eigenvalue weighted by molar-refractivity contribution is -0.113. The van der Waals surface area contributed by atoms with Crippen LogP contribution >= 0.6 is 11.8 Å². The van der Waals surface area contributed by atoms with Crippen molar-refractivity contribution in [3.8, 4) is 5.75 Å². The fraction of sp³-hybridized carbons (Fsp3) is 0.0571. The number of carbonyl (C=O) groups is 3. The molecule has 7 heteroatoms. The van der Waals surface area contributed by atoms with E-state index >= 15 is 0 Å². The molecular weight excluding hydrogens is 544 g/mol. The fourth-order valence-corrected chi connectivity index (χ4v) is 5.13. The van der Waals surface area contributed by atoms with Crippen LogP contribution in [-0.4, -0.2) is 30.5 Å². The monoisotopic (exact) mass is 572 g/mol. The Morgan fingerprint density at radius 3 is 2.24 bits per heavy atom. The van der Waals surface area contributed by atoms with Gasteiger partial charge in [-0.25, -0.2) is 0 Å². The molecule has 0 radical (unpaired) electrons. The van der Waals surface area contributed by atoms with Gasteiger partial charge in [0.1, 0.15) is 11.4 Å². The van der Waals surface area contributed by atoms with Crippen molar-refractivity contribution in [3.63, 3.8) is 0 Å². The summed E-state index contributed by atoms with van der Waals surface area (Å²) in [5, 5.41) is 7.67. The molecule has 0 spiro atoms. The van der Waals surface area contributed by atoms with E-state index in [9.17, 15) is 14.4 Å². The van der Waals surface area contributed by atoms with Gasteiger partial charge in [0.25, 0.3) is 11.8 Å². The van der Waals surface area contributed by atoms with Crippen LogP contribution in [0.5, 0.6) is 5.75 Å². The number of Topliss-reactive ketones (excluding diaryl/α,β-unsaturated/α-hetero) is 1. The quantitative estimate of drug-likeness (QED) is 0.105. The van der Waals surface area contributed by atoms with Crippen LogP contribution in [-0.2, 0) is 4.79 Å². The summed E-state index contributed by atoms with van der Waals surface area (Å²) in [6.07, 6.45) is 1.69. The number of hydrogen-bond donors (Lipinski definition) is 2. The topological polar surface area (TPSA) is 84.5 Å². The molecule has 42 heavy (non-hydrogen) atoms. The average molecular weight is 573 g/mol. The second-order valence-corrected chi connectivity index (χ2v) is 10.4. The number of benzene rings is 5. The number of anilines is 1. The van der Waals surface area contributed by atoms with Gasteiger partial charge in [-0.2, -0.15) is 0 Å². The van der Waals surface area contributed by atoms with Crippen molar-refractivity contribution in [1.29, 1.82) is 0 Å². The van der Waals surface area contributed by atoms with E-state index in [4.69, 9.17) is 4.74 Å². The Labute approximate surface area is 248 Å². The zero-order chi connectivity index (χ0) is 29.3. The number of ether oxygens (including phenoxy) is 1. The molecule has 0 saturated carbocycles. The van der Waals surface area contributed by atoms with Crippen LogP contribution in [0.3, 0.4) is 0 Å². The molecule has 0 fully saturated rings. The molecular formula is C35H28N2O4S. The number of nitrogens with one attached hydrogen (secondary N) is 2. The first-order valence-corrected chi connectivity index (χ1v) is 14.3. The highest BCUT2D eigenvalue weighted by Crippen LogP contribution is 2.24. The van der Waals surface area contributed by atoms with Gasteiger partial charge in [-0.15, -0.1) is 11.8 Å². The maximum absolute atomic E-state index is 13.5. The number of methoxy groups -OCH3 is 1. The molecule has 5 rings (SSSR count). The van der Waals surface area contributed by atoms with E-state index in [1.165, 1.54) is 11.8 Å². The van der Waals surface area contributed by atoms with Crippen LogP contribution in [0.1, 0.15) is 26.3 Å². The molecule has 0 saturated heterocycles. The third-order valence-corrected chi connectivity index (χ3v) is 7.54. The summed E-state index contributed by atoms with van der Waals surface area (Å²) in [4.78, 5) is 40.0. The predicted molar refractivity (Wildman–Crippen MR) is 169 cm³/mol. The van der Waals surface area contributed by atoms with Gasteiger partial charge >= 0.3 is 0 Å². The number of amides is 2. The second kappa shape index (κ2) is 13.5. The van der Waals surface area contributed by atoms with Crippen LogP contribution in [0, 0.1) is 0 Å². The van der Waals surface area contributed by atoms with Crippen molar-refractivity contribution in [2.75, 3.05) is 18.2 Å². The number of hydrogen-bond acceptors (Lipinski definition) is 5. The maximum Gasteiger partial charge on any atom is 0.272 e. The molecule has 0 heterocycles. The van der Waals surface area contributed by atoms with Gasteiger partial charge in [-0.1, -0.05) is 72.8 Å². The normalized spacial score (nSPS) is 11.1. The van der Waals surface area contributed by atoms with Crippen LogP contribution in [0.2, 0.25) is 0 Å².